The van der Waals surface area contributed by atoms with E-state index in [2.05, 4.69) is 15.0 Å². The van der Waals surface area contributed by atoms with E-state index in [1.807, 2.05) is 0 Å². The molecule has 0 bridgehead atoms. The van der Waals surface area contributed by atoms with Crippen LogP contribution in [0.1, 0.15) is 12.8 Å². The summed E-state index contributed by atoms with van der Waals surface area (Å²) >= 11 is 5.12. The lowest BCUT2D eigenvalue weighted by Gasteiger charge is -2.05. The Kier molecular flexibility index (Phi) is 4.46. The number of aromatic nitrogens is 4. The molecule has 2 heterocycles. The summed E-state index contributed by atoms with van der Waals surface area (Å²) < 4.78 is 6.53. The van der Waals surface area contributed by atoms with Crippen LogP contribution in [0.4, 0.5) is 0 Å². The van der Waals surface area contributed by atoms with Crippen molar-refractivity contribution in [3.63, 3.8) is 0 Å². The van der Waals surface area contributed by atoms with Crippen LogP contribution in [0.3, 0.4) is 0 Å². The number of fused-ring (bicyclic) bond motifs is 1. The first-order valence-electron chi connectivity index (χ1n) is 5.80. The number of esters is 1. The van der Waals surface area contributed by atoms with E-state index in [0.29, 0.717) is 12.2 Å². The summed E-state index contributed by atoms with van der Waals surface area (Å²) in [4.78, 5) is 43.5. The van der Waals surface area contributed by atoms with Crippen molar-refractivity contribution >= 4 is 34.0 Å². The Labute approximate surface area is 117 Å². The summed E-state index contributed by atoms with van der Waals surface area (Å²) in [6.45, 7) is 0.406. The molecule has 0 atom stereocenters. The molecule has 0 spiro atoms. The van der Waals surface area contributed by atoms with Crippen LogP contribution in [0.2, 0.25) is 0 Å². The lowest BCUT2D eigenvalue weighted by atomic mass is 10.3. The van der Waals surface area contributed by atoms with Gasteiger partial charge in [0.25, 0.3) is 5.56 Å². The van der Waals surface area contributed by atoms with Gasteiger partial charge in [0.2, 0.25) is 5.24 Å². The molecular weight excluding hydrogens is 288 g/mol. The fourth-order valence-electron chi connectivity index (χ4n) is 1.59. The van der Waals surface area contributed by atoms with Crippen LogP contribution in [-0.4, -0.2) is 37.3 Å². The number of rotatable bonds is 6. The Morgan fingerprint density at radius 3 is 2.90 bits per heavy atom. The Hall–Kier alpha value is -2.22. The first-order chi connectivity index (χ1) is 9.58. The number of H-pyrrole nitrogens is 1. The normalized spacial score (nSPS) is 10.7. The van der Waals surface area contributed by atoms with Gasteiger partial charge in [-0.15, -0.1) is 0 Å². The quantitative estimate of drug-likeness (QED) is 0.603. The monoisotopic (exact) mass is 298 g/mol. The molecule has 0 saturated carbocycles. The van der Waals surface area contributed by atoms with Gasteiger partial charge in [-0.3, -0.25) is 14.4 Å². The van der Waals surface area contributed by atoms with Crippen molar-refractivity contribution in [3.05, 3.63) is 23.0 Å². The Morgan fingerprint density at radius 1 is 1.35 bits per heavy atom. The van der Waals surface area contributed by atoms with Crippen LogP contribution >= 0.6 is 11.6 Å². The fourth-order valence-corrected chi connectivity index (χ4v) is 1.68. The molecule has 106 valence electrons. The molecule has 0 aliphatic heterocycles. The number of nitrogens with one attached hydrogen (secondary N) is 1. The van der Waals surface area contributed by atoms with Crippen molar-refractivity contribution in [1.29, 1.82) is 0 Å². The number of halogens is 1. The van der Waals surface area contributed by atoms with Gasteiger partial charge < -0.3 is 14.3 Å². The van der Waals surface area contributed by atoms with Crippen LogP contribution < -0.4 is 5.56 Å². The molecule has 9 heteroatoms. The number of hydrogen-bond donors (Lipinski definition) is 1. The highest BCUT2D eigenvalue weighted by Gasteiger charge is 2.09. The molecule has 2 aromatic heterocycles. The Morgan fingerprint density at radius 2 is 2.15 bits per heavy atom. The van der Waals surface area contributed by atoms with Gasteiger partial charge in [-0.25, -0.2) is 9.97 Å². The molecule has 2 aromatic rings. The summed E-state index contributed by atoms with van der Waals surface area (Å²) in [6.07, 6.45) is 2.63. The number of imidazole rings is 1. The summed E-state index contributed by atoms with van der Waals surface area (Å²) in [5.74, 6) is -0.505. The van der Waals surface area contributed by atoms with Gasteiger partial charge in [-0.1, -0.05) is 0 Å². The maximum atomic E-state index is 11.4. The second kappa shape index (κ2) is 6.29. The molecule has 20 heavy (non-hydrogen) atoms. The van der Waals surface area contributed by atoms with E-state index in [1.54, 1.807) is 4.57 Å². The first-order valence-corrected chi connectivity index (χ1v) is 6.18. The summed E-state index contributed by atoms with van der Waals surface area (Å²) in [6, 6.07) is 0. The minimum atomic E-state index is -0.578. The summed E-state index contributed by atoms with van der Waals surface area (Å²) in [5, 5.41) is -0.578. The zero-order chi connectivity index (χ0) is 14.5. The van der Waals surface area contributed by atoms with E-state index in [1.165, 1.54) is 12.7 Å². The largest absolute Gasteiger partial charge is 0.464 e. The molecule has 8 nitrogen and oxygen atoms in total. The lowest BCUT2D eigenvalue weighted by Crippen LogP contribution is -2.12. The number of aromatic amines is 1. The van der Waals surface area contributed by atoms with Crippen LogP contribution in [0.25, 0.3) is 11.2 Å². The van der Waals surface area contributed by atoms with Gasteiger partial charge in [0, 0.05) is 6.42 Å². The number of nitrogens with zero attached hydrogens (tertiary/aromatic N) is 3. The molecule has 0 aromatic carbocycles. The maximum Gasteiger partial charge on any atom is 0.306 e. The van der Waals surface area contributed by atoms with E-state index >= 15 is 0 Å². The van der Waals surface area contributed by atoms with Crippen molar-refractivity contribution in [2.75, 3.05) is 6.61 Å². The smallest absolute Gasteiger partial charge is 0.306 e. The van der Waals surface area contributed by atoms with Crippen LogP contribution in [0.5, 0.6) is 0 Å². The van der Waals surface area contributed by atoms with Crippen molar-refractivity contribution in [2.45, 2.75) is 19.4 Å². The second-order valence-corrected chi connectivity index (χ2v) is 4.34. The van der Waals surface area contributed by atoms with Gasteiger partial charge in [-0.2, -0.15) is 0 Å². The number of hydrogen-bond acceptors (Lipinski definition) is 6. The van der Waals surface area contributed by atoms with E-state index in [0.717, 1.165) is 0 Å². The van der Waals surface area contributed by atoms with Gasteiger partial charge in [0.15, 0.2) is 11.2 Å². The average molecular weight is 299 g/mol. The minimum absolute atomic E-state index is 0.0503. The van der Waals surface area contributed by atoms with Crippen molar-refractivity contribution < 1.29 is 14.3 Å². The number of ether oxygens (including phenoxy) is 1. The van der Waals surface area contributed by atoms with E-state index in [4.69, 9.17) is 16.3 Å². The molecule has 0 radical (unpaired) electrons. The SMILES string of the molecule is O=C(Cl)CCC(=O)OCCn1cnc2c(=O)[nH]cnc21. The van der Waals surface area contributed by atoms with E-state index in [-0.39, 0.29) is 30.5 Å². The molecule has 0 aliphatic carbocycles. The first kappa shape index (κ1) is 14.2. The zero-order valence-corrected chi connectivity index (χ0v) is 11.1. The Bertz CT molecular complexity index is 693. The van der Waals surface area contributed by atoms with E-state index < -0.39 is 11.2 Å². The molecule has 0 amide bonds. The second-order valence-electron chi connectivity index (χ2n) is 3.92. The third kappa shape index (κ3) is 3.41. The highest BCUT2D eigenvalue weighted by molar-refractivity contribution is 6.63. The van der Waals surface area contributed by atoms with Gasteiger partial charge in [0.1, 0.15) is 6.61 Å². The molecule has 0 aliphatic rings. The molecular formula is C11H11ClN4O4. The third-order valence-corrected chi connectivity index (χ3v) is 2.72. The molecule has 1 N–H and O–H groups in total. The molecule has 0 fully saturated rings. The predicted octanol–water partition coefficient (Wildman–Crippen LogP) is 0.208. The van der Waals surface area contributed by atoms with Gasteiger partial charge >= 0.3 is 5.97 Å². The van der Waals surface area contributed by atoms with Crippen molar-refractivity contribution in [2.24, 2.45) is 0 Å². The maximum absolute atomic E-state index is 11.4. The third-order valence-electron chi connectivity index (χ3n) is 2.53. The van der Waals surface area contributed by atoms with Gasteiger partial charge in [-0.05, 0) is 11.6 Å². The van der Waals surface area contributed by atoms with Crippen molar-refractivity contribution in [3.8, 4) is 0 Å². The summed E-state index contributed by atoms with van der Waals surface area (Å²) in [7, 11) is 0. The average Bonchev–Trinajstić information content (AvgIpc) is 2.81. The molecule has 2 rings (SSSR count). The predicted molar refractivity (Wildman–Crippen MR) is 69.2 cm³/mol. The highest BCUT2D eigenvalue weighted by Crippen LogP contribution is 2.04. The lowest BCUT2D eigenvalue weighted by molar-refractivity contribution is -0.144. The topological polar surface area (TPSA) is 107 Å². The van der Waals surface area contributed by atoms with Crippen LogP contribution in [0.15, 0.2) is 17.4 Å². The standard InChI is InChI=1S/C11H11ClN4O4/c12-7(17)1-2-8(18)20-4-3-16-6-15-9-10(16)13-5-14-11(9)19/h5-6H,1-4H2,(H,13,14,19). The highest BCUT2D eigenvalue weighted by atomic mass is 35.5. The minimum Gasteiger partial charge on any atom is -0.464 e. The van der Waals surface area contributed by atoms with Crippen molar-refractivity contribution in [1.82, 2.24) is 19.5 Å². The molecule has 0 unspecified atom stereocenters. The van der Waals surface area contributed by atoms with E-state index in [9.17, 15) is 14.4 Å². The van der Waals surface area contributed by atoms with Crippen LogP contribution in [-0.2, 0) is 20.9 Å². The number of carbonyl (C=O) groups is 2. The molecule has 0 saturated heterocycles. The fraction of sp³-hybridized carbons (Fsp3) is 0.364. The number of carbonyl (C=O) groups excluding carboxylic acids is 2. The van der Waals surface area contributed by atoms with Crippen LogP contribution in [0, 0.1) is 0 Å². The Balaban J connectivity index is 1.90. The van der Waals surface area contributed by atoms with Gasteiger partial charge in [0.05, 0.1) is 25.6 Å². The zero-order valence-electron chi connectivity index (χ0n) is 10.3. The summed E-state index contributed by atoms with van der Waals surface area (Å²) in [5.41, 5.74) is 0.318.